The van der Waals surface area contributed by atoms with Crippen molar-refractivity contribution in [2.75, 3.05) is 14.2 Å². The lowest BCUT2D eigenvalue weighted by atomic mass is 9.82. The number of likely N-dealkylation sites (N-methyl/N-ethyl adjacent to an activating group) is 1. The van der Waals surface area contributed by atoms with Crippen LogP contribution < -0.4 is 9.47 Å². The predicted molar refractivity (Wildman–Crippen MR) is 138 cm³/mol. The molecule has 2 unspecified atom stereocenters. The van der Waals surface area contributed by atoms with Gasteiger partial charge in [-0.15, -0.1) is 0 Å². The molecule has 6 nitrogen and oxygen atoms in total. The van der Waals surface area contributed by atoms with E-state index in [0.29, 0.717) is 39.1 Å². The van der Waals surface area contributed by atoms with E-state index in [-0.39, 0.29) is 30.6 Å². The van der Waals surface area contributed by atoms with Crippen molar-refractivity contribution in [1.29, 1.82) is 0 Å². The Bertz CT molecular complexity index is 984. The highest BCUT2D eigenvalue weighted by Gasteiger charge is 2.29. The Morgan fingerprint density at radius 3 is 2.23 bits per heavy atom. The molecule has 2 atom stereocenters. The van der Waals surface area contributed by atoms with E-state index in [1.54, 1.807) is 43.5 Å². The molecule has 1 aliphatic carbocycles. The SMILES string of the molecule is COc1cc(CC(=O)N(C)C2CCC(C(C)O)CC2)c(C(O)c2ccc(Cl)cc2)cc1OC(C)C. The first-order valence-electron chi connectivity index (χ1n) is 12.3. The molecule has 1 amide bonds. The molecule has 0 radical (unpaired) electrons. The Morgan fingerprint density at radius 1 is 1.06 bits per heavy atom. The zero-order valence-electron chi connectivity index (χ0n) is 21.3. The summed E-state index contributed by atoms with van der Waals surface area (Å²) < 4.78 is 11.5. The molecule has 1 saturated carbocycles. The van der Waals surface area contributed by atoms with Crippen LogP contribution in [0, 0.1) is 5.92 Å². The van der Waals surface area contributed by atoms with Gasteiger partial charge >= 0.3 is 0 Å². The molecule has 2 aromatic carbocycles. The molecule has 7 heteroatoms. The molecule has 0 heterocycles. The molecular weight excluding hydrogens is 466 g/mol. The summed E-state index contributed by atoms with van der Waals surface area (Å²) in [7, 11) is 3.41. The fourth-order valence-electron chi connectivity index (χ4n) is 4.82. The van der Waals surface area contributed by atoms with Gasteiger partial charge in [-0.25, -0.2) is 0 Å². The fraction of sp³-hybridized carbons (Fsp3) is 0.536. The predicted octanol–water partition coefficient (Wildman–Crippen LogP) is 5.16. The molecule has 1 fully saturated rings. The Balaban J connectivity index is 1.89. The number of nitrogens with zero attached hydrogens (tertiary/aromatic N) is 1. The maximum atomic E-state index is 13.4. The third-order valence-electron chi connectivity index (χ3n) is 6.97. The van der Waals surface area contributed by atoms with Crippen LogP contribution in [0.3, 0.4) is 0 Å². The van der Waals surface area contributed by atoms with E-state index >= 15 is 0 Å². The van der Waals surface area contributed by atoms with Crippen LogP contribution in [0.1, 0.15) is 69.2 Å². The number of benzene rings is 2. The normalized spacial score (nSPS) is 19.8. The lowest BCUT2D eigenvalue weighted by molar-refractivity contribution is -0.132. The van der Waals surface area contributed by atoms with Gasteiger partial charge in [0.2, 0.25) is 5.91 Å². The van der Waals surface area contributed by atoms with Crippen LogP contribution >= 0.6 is 11.6 Å². The summed E-state index contributed by atoms with van der Waals surface area (Å²) in [4.78, 5) is 15.2. The second-order valence-electron chi connectivity index (χ2n) is 9.81. The second-order valence-corrected chi connectivity index (χ2v) is 10.2. The quantitative estimate of drug-likeness (QED) is 0.494. The van der Waals surface area contributed by atoms with Crippen molar-refractivity contribution in [3.05, 3.63) is 58.1 Å². The second kappa shape index (κ2) is 12.1. The number of amides is 1. The van der Waals surface area contributed by atoms with Gasteiger partial charge in [0.25, 0.3) is 0 Å². The molecule has 0 spiro atoms. The van der Waals surface area contributed by atoms with Crippen molar-refractivity contribution in [2.45, 2.75) is 77.2 Å². The molecule has 0 bridgehead atoms. The van der Waals surface area contributed by atoms with Gasteiger partial charge in [0.15, 0.2) is 11.5 Å². The zero-order valence-corrected chi connectivity index (χ0v) is 22.1. The number of ether oxygens (including phenoxy) is 2. The maximum absolute atomic E-state index is 13.4. The van der Waals surface area contributed by atoms with Crippen LogP contribution in [-0.4, -0.2) is 53.4 Å². The van der Waals surface area contributed by atoms with Crippen molar-refractivity contribution < 1.29 is 24.5 Å². The van der Waals surface area contributed by atoms with Gasteiger partial charge < -0.3 is 24.6 Å². The van der Waals surface area contributed by atoms with Crippen LogP contribution in [0.25, 0.3) is 0 Å². The van der Waals surface area contributed by atoms with Crippen molar-refractivity contribution in [2.24, 2.45) is 5.92 Å². The minimum atomic E-state index is -0.956. The monoisotopic (exact) mass is 503 g/mol. The molecule has 2 aromatic rings. The third-order valence-corrected chi connectivity index (χ3v) is 7.23. The van der Waals surface area contributed by atoms with E-state index in [4.69, 9.17) is 21.1 Å². The Hall–Kier alpha value is -2.28. The topological polar surface area (TPSA) is 79.2 Å². The highest BCUT2D eigenvalue weighted by Crippen LogP contribution is 2.37. The number of hydrogen-bond acceptors (Lipinski definition) is 5. The van der Waals surface area contributed by atoms with Gasteiger partial charge in [0, 0.05) is 18.1 Å². The smallest absolute Gasteiger partial charge is 0.226 e. The van der Waals surface area contributed by atoms with Crippen LogP contribution in [0.2, 0.25) is 5.02 Å². The first-order valence-corrected chi connectivity index (χ1v) is 12.7. The van der Waals surface area contributed by atoms with Gasteiger partial charge in [0.05, 0.1) is 25.7 Å². The zero-order chi connectivity index (χ0) is 25.7. The van der Waals surface area contributed by atoms with Gasteiger partial charge in [-0.1, -0.05) is 23.7 Å². The molecular formula is C28H38ClNO5. The largest absolute Gasteiger partial charge is 0.493 e. The van der Waals surface area contributed by atoms with Crippen LogP contribution in [0.5, 0.6) is 11.5 Å². The fourth-order valence-corrected chi connectivity index (χ4v) is 4.94. The van der Waals surface area contributed by atoms with E-state index in [1.165, 1.54) is 0 Å². The van der Waals surface area contributed by atoms with Gasteiger partial charge in [-0.2, -0.15) is 0 Å². The van der Waals surface area contributed by atoms with Crippen molar-refractivity contribution in [1.82, 2.24) is 4.90 Å². The number of halogens is 1. The summed E-state index contributed by atoms with van der Waals surface area (Å²) in [5.41, 5.74) is 1.96. The molecule has 0 aliphatic heterocycles. The van der Waals surface area contributed by atoms with Crippen LogP contribution in [0.15, 0.2) is 36.4 Å². The number of aliphatic hydroxyl groups is 2. The van der Waals surface area contributed by atoms with Crippen molar-refractivity contribution >= 4 is 17.5 Å². The first kappa shape index (κ1) is 27.3. The number of carbonyl (C=O) groups excluding carboxylic acids is 1. The molecule has 0 saturated heterocycles. The minimum Gasteiger partial charge on any atom is -0.493 e. The summed E-state index contributed by atoms with van der Waals surface area (Å²) in [6, 6.07) is 10.7. The highest BCUT2D eigenvalue weighted by molar-refractivity contribution is 6.30. The van der Waals surface area contributed by atoms with E-state index in [2.05, 4.69) is 0 Å². The van der Waals surface area contributed by atoms with Gasteiger partial charge in [-0.3, -0.25) is 4.79 Å². The number of methoxy groups -OCH3 is 1. The van der Waals surface area contributed by atoms with E-state index in [1.807, 2.05) is 32.7 Å². The van der Waals surface area contributed by atoms with Crippen LogP contribution in [-0.2, 0) is 11.2 Å². The Kier molecular flexibility index (Phi) is 9.45. The minimum absolute atomic E-state index is 0.0189. The van der Waals surface area contributed by atoms with Crippen molar-refractivity contribution in [3.8, 4) is 11.5 Å². The summed E-state index contributed by atoms with van der Waals surface area (Å²) >= 11 is 6.04. The highest BCUT2D eigenvalue weighted by atomic mass is 35.5. The van der Waals surface area contributed by atoms with E-state index < -0.39 is 6.10 Å². The molecule has 1 aliphatic rings. The first-order chi connectivity index (χ1) is 16.6. The lowest BCUT2D eigenvalue weighted by Gasteiger charge is -2.36. The Morgan fingerprint density at radius 2 is 1.69 bits per heavy atom. The maximum Gasteiger partial charge on any atom is 0.226 e. The molecule has 2 N–H and O–H groups in total. The van der Waals surface area contributed by atoms with Crippen LogP contribution in [0.4, 0.5) is 0 Å². The number of hydrogen-bond donors (Lipinski definition) is 2. The molecule has 192 valence electrons. The molecule has 3 rings (SSSR count). The van der Waals surface area contributed by atoms with Crippen molar-refractivity contribution in [3.63, 3.8) is 0 Å². The number of carbonyl (C=O) groups is 1. The average Bonchev–Trinajstić information content (AvgIpc) is 2.83. The van der Waals surface area contributed by atoms with Gasteiger partial charge in [-0.05, 0) is 93.3 Å². The summed E-state index contributed by atoms with van der Waals surface area (Å²) in [6.45, 7) is 5.69. The average molecular weight is 504 g/mol. The third kappa shape index (κ3) is 6.90. The standard InChI is InChI=1S/C28H38ClNO5/c1-17(2)35-26-16-24(28(33)20-6-10-22(29)11-7-20)21(14-25(26)34-5)15-27(32)30(4)23-12-8-19(9-13-23)18(3)31/h6-7,10-11,14,16-19,23,28,31,33H,8-9,12-13,15H2,1-5H3. The molecule has 35 heavy (non-hydrogen) atoms. The lowest BCUT2D eigenvalue weighted by Crippen LogP contribution is -2.41. The van der Waals surface area contributed by atoms with Gasteiger partial charge in [0.1, 0.15) is 6.10 Å². The summed E-state index contributed by atoms with van der Waals surface area (Å²) in [6.07, 6.45) is 2.36. The number of rotatable bonds is 9. The van der Waals surface area contributed by atoms with E-state index in [0.717, 1.165) is 25.7 Å². The summed E-state index contributed by atoms with van der Waals surface area (Å²) in [5.74, 6) is 1.32. The number of aliphatic hydroxyl groups excluding tert-OH is 2. The summed E-state index contributed by atoms with van der Waals surface area (Å²) in [5, 5.41) is 21.8. The van der Waals surface area contributed by atoms with E-state index in [9.17, 15) is 15.0 Å². The molecule has 0 aromatic heterocycles. The Labute approximate surface area is 213 Å².